The summed E-state index contributed by atoms with van der Waals surface area (Å²) in [6.07, 6.45) is 0. The van der Waals surface area contributed by atoms with Gasteiger partial charge in [-0.05, 0) is 24.5 Å². The molecule has 0 saturated heterocycles. The van der Waals surface area contributed by atoms with Crippen LogP contribution in [0.15, 0.2) is 12.1 Å². The molecule has 96 valence electrons. The van der Waals surface area contributed by atoms with Crippen molar-refractivity contribution < 1.29 is 14.6 Å². The third-order valence-electron chi connectivity index (χ3n) is 2.27. The molecule has 0 fully saturated rings. The maximum atomic E-state index is 9.01. The summed E-state index contributed by atoms with van der Waals surface area (Å²) in [5.41, 5.74) is 1.63. The van der Waals surface area contributed by atoms with Gasteiger partial charge in [-0.15, -0.1) is 0 Å². The fourth-order valence-electron chi connectivity index (χ4n) is 1.34. The highest BCUT2D eigenvalue weighted by Gasteiger charge is 2.01. The number of rotatable bonds is 7. The van der Waals surface area contributed by atoms with Crippen LogP contribution in [0.4, 0.5) is 0 Å². The zero-order valence-corrected chi connectivity index (χ0v) is 10.8. The molecule has 4 heteroatoms. The number of aryl methyl sites for hydroxylation is 1. The normalized spacial score (nSPS) is 10.9. The molecule has 0 radical (unpaired) electrons. The Balaban J connectivity index is 2.30. The molecule has 0 bridgehead atoms. The van der Waals surface area contributed by atoms with Crippen LogP contribution in [0.25, 0.3) is 0 Å². The van der Waals surface area contributed by atoms with E-state index in [-0.39, 0.29) is 6.61 Å². The van der Waals surface area contributed by atoms with Gasteiger partial charge in [0.15, 0.2) is 0 Å². The molecule has 0 saturated carbocycles. The Kier molecular flexibility index (Phi) is 5.94. The lowest BCUT2D eigenvalue weighted by Gasteiger charge is -2.09. The van der Waals surface area contributed by atoms with Crippen molar-refractivity contribution in [2.45, 2.75) is 27.4 Å². The van der Waals surface area contributed by atoms with Gasteiger partial charge >= 0.3 is 0 Å². The van der Waals surface area contributed by atoms with Gasteiger partial charge in [0.05, 0.1) is 13.2 Å². The minimum atomic E-state index is 0.0105. The van der Waals surface area contributed by atoms with Crippen LogP contribution in [-0.2, 0) is 11.3 Å². The summed E-state index contributed by atoms with van der Waals surface area (Å²) in [5, 5.41) is 9.01. The molecule has 0 unspecified atom stereocenters. The molecule has 0 amide bonds. The van der Waals surface area contributed by atoms with Crippen LogP contribution >= 0.6 is 0 Å². The lowest BCUT2D eigenvalue weighted by molar-refractivity contribution is 0.0805. The summed E-state index contributed by atoms with van der Waals surface area (Å²) < 4.78 is 10.8. The first-order valence-corrected chi connectivity index (χ1v) is 5.91. The Hall–Kier alpha value is -1.13. The fourth-order valence-corrected chi connectivity index (χ4v) is 1.34. The Bertz CT molecular complexity index is 339. The Labute approximate surface area is 103 Å². The minimum absolute atomic E-state index is 0.0105. The molecule has 1 N–H and O–H groups in total. The molecule has 0 aliphatic carbocycles. The molecule has 0 atom stereocenters. The highest BCUT2D eigenvalue weighted by molar-refractivity contribution is 5.24. The molecule has 1 rings (SSSR count). The van der Waals surface area contributed by atoms with Crippen molar-refractivity contribution in [3.63, 3.8) is 0 Å². The second-order valence-corrected chi connectivity index (χ2v) is 4.37. The van der Waals surface area contributed by atoms with Crippen LogP contribution in [0.5, 0.6) is 5.88 Å². The van der Waals surface area contributed by atoms with Crippen molar-refractivity contribution in [2.75, 3.05) is 19.8 Å². The van der Waals surface area contributed by atoms with E-state index in [1.54, 1.807) is 6.07 Å². The van der Waals surface area contributed by atoms with Gasteiger partial charge in [0.1, 0.15) is 6.61 Å². The summed E-state index contributed by atoms with van der Waals surface area (Å²) in [6, 6.07) is 3.59. The second kappa shape index (κ2) is 7.25. The van der Waals surface area contributed by atoms with E-state index in [9.17, 15) is 0 Å². The number of aliphatic hydroxyl groups excluding tert-OH is 1. The quantitative estimate of drug-likeness (QED) is 0.739. The molecule has 0 aromatic carbocycles. The van der Waals surface area contributed by atoms with Gasteiger partial charge in [-0.1, -0.05) is 13.8 Å². The maximum Gasteiger partial charge on any atom is 0.213 e. The lowest BCUT2D eigenvalue weighted by Crippen LogP contribution is -2.11. The fraction of sp³-hybridized carbons (Fsp3) is 0.615. The van der Waals surface area contributed by atoms with Crippen molar-refractivity contribution in [1.82, 2.24) is 4.98 Å². The topological polar surface area (TPSA) is 51.6 Å². The van der Waals surface area contributed by atoms with Gasteiger partial charge in [0.2, 0.25) is 5.88 Å². The van der Waals surface area contributed by atoms with Crippen LogP contribution in [0.1, 0.15) is 25.1 Å². The third kappa shape index (κ3) is 5.15. The van der Waals surface area contributed by atoms with Crippen molar-refractivity contribution >= 4 is 0 Å². The van der Waals surface area contributed by atoms with Crippen LogP contribution in [0.3, 0.4) is 0 Å². The van der Waals surface area contributed by atoms with E-state index in [0.717, 1.165) is 17.9 Å². The van der Waals surface area contributed by atoms with Gasteiger partial charge < -0.3 is 14.6 Å². The number of pyridine rings is 1. The minimum Gasteiger partial charge on any atom is -0.475 e. The second-order valence-electron chi connectivity index (χ2n) is 4.37. The highest BCUT2D eigenvalue weighted by Crippen LogP contribution is 2.12. The van der Waals surface area contributed by atoms with Crippen LogP contribution < -0.4 is 4.74 Å². The molecule has 0 aliphatic heterocycles. The molecule has 0 spiro atoms. The van der Waals surface area contributed by atoms with E-state index in [4.69, 9.17) is 14.6 Å². The first kappa shape index (κ1) is 13.9. The Morgan fingerprint density at radius 3 is 2.65 bits per heavy atom. The number of nitrogens with zero attached hydrogens (tertiary/aromatic N) is 1. The summed E-state index contributed by atoms with van der Waals surface area (Å²) >= 11 is 0. The molecule has 0 aliphatic rings. The number of aromatic nitrogens is 1. The number of ether oxygens (including phenoxy) is 2. The molecule has 1 aromatic heterocycles. The average Bonchev–Trinajstić information content (AvgIpc) is 2.28. The van der Waals surface area contributed by atoms with Crippen molar-refractivity contribution in [1.29, 1.82) is 0 Å². The maximum absolute atomic E-state index is 9.01. The summed E-state index contributed by atoms with van der Waals surface area (Å²) in [4.78, 5) is 4.24. The van der Waals surface area contributed by atoms with Gasteiger partial charge in [0, 0.05) is 18.4 Å². The molecular weight excluding hydrogens is 218 g/mol. The van der Waals surface area contributed by atoms with Crippen molar-refractivity contribution in [3.05, 3.63) is 23.4 Å². The van der Waals surface area contributed by atoms with Crippen molar-refractivity contribution in [2.24, 2.45) is 5.92 Å². The first-order chi connectivity index (χ1) is 8.13. The Morgan fingerprint density at radius 2 is 2.06 bits per heavy atom. The molecular formula is C13H21NO3. The molecule has 1 aromatic rings. The van der Waals surface area contributed by atoms with Crippen LogP contribution in [-0.4, -0.2) is 29.9 Å². The smallest absolute Gasteiger partial charge is 0.213 e. The van der Waals surface area contributed by atoms with E-state index in [2.05, 4.69) is 18.8 Å². The largest absolute Gasteiger partial charge is 0.475 e. The summed E-state index contributed by atoms with van der Waals surface area (Å²) in [5.74, 6) is 1.12. The van der Waals surface area contributed by atoms with Gasteiger partial charge in [-0.3, -0.25) is 0 Å². The standard InChI is InChI=1S/C13H21NO3/c1-10(2)9-16-6-7-17-13-5-4-12(8-15)11(3)14-13/h4-5,10,15H,6-9H2,1-3H3. The predicted octanol–water partition coefficient (Wildman–Crippen LogP) is 1.93. The molecule has 4 nitrogen and oxygen atoms in total. The van der Waals surface area contributed by atoms with Crippen molar-refractivity contribution in [3.8, 4) is 5.88 Å². The van der Waals surface area contributed by atoms with E-state index < -0.39 is 0 Å². The number of aliphatic hydroxyl groups is 1. The van der Waals surface area contributed by atoms with E-state index in [0.29, 0.717) is 25.0 Å². The van der Waals surface area contributed by atoms with Crippen LogP contribution in [0, 0.1) is 12.8 Å². The number of hydrogen-bond acceptors (Lipinski definition) is 4. The number of hydrogen-bond donors (Lipinski definition) is 1. The summed E-state index contributed by atoms with van der Waals surface area (Å²) in [7, 11) is 0. The van der Waals surface area contributed by atoms with Crippen LogP contribution in [0.2, 0.25) is 0 Å². The average molecular weight is 239 g/mol. The lowest BCUT2D eigenvalue weighted by atomic mass is 10.2. The molecule has 1 heterocycles. The van der Waals surface area contributed by atoms with E-state index >= 15 is 0 Å². The zero-order chi connectivity index (χ0) is 12.7. The SMILES string of the molecule is Cc1nc(OCCOCC(C)C)ccc1CO. The van der Waals surface area contributed by atoms with Gasteiger partial charge in [-0.25, -0.2) is 4.98 Å². The zero-order valence-electron chi connectivity index (χ0n) is 10.8. The first-order valence-electron chi connectivity index (χ1n) is 5.91. The summed E-state index contributed by atoms with van der Waals surface area (Å²) in [6.45, 7) is 7.90. The predicted molar refractivity (Wildman–Crippen MR) is 66.0 cm³/mol. The van der Waals surface area contributed by atoms with Gasteiger partial charge in [-0.2, -0.15) is 0 Å². The Morgan fingerprint density at radius 1 is 1.29 bits per heavy atom. The highest BCUT2D eigenvalue weighted by atomic mass is 16.5. The van der Waals surface area contributed by atoms with E-state index in [1.165, 1.54) is 0 Å². The van der Waals surface area contributed by atoms with E-state index in [1.807, 2.05) is 13.0 Å². The monoisotopic (exact) mass is 239 g/mol. The van der Waals surface area contributed by atoms with Gasteiger partial charge in [0.25, 0.3) is 0 Å². The molecule has 17 heavy (non-hydrogen) atoms. The third-order valence-corrected chi connectivity index (χ3v) is 2.27.